The molecule has 1 aromatic rings. The molecule has 6 nitrogen and oxygen atoms in total. The molecule has 0 aromatic carbocycles. The van der Waals surface area contributed by atoms with Crippen LogP contribution in [0.15, 0.2) is 18.3 Å². The van der Waals surface area contributed by atoms with Gasteiger partial charge in [0.05, 0.1) is 19.8 Å². The number of anilines is 1. The van der Waals surface area contributed by atoms with Crippen molar-refractivity contribution < 1.29 is 14.2 Å². The first-order valence-electron chi connectivity index (χ1n) is 5.93. The van der Waals surface area contributed by atoms with Crippen LogP contribution in [0.4, 0.5) is 5.82 Å². The molecule has 0 fully saturated rings. The summed E-state index contributed by atoms with van der Waals surface area (Å²) in [5.41, 5.74) is 3.46. The Bertz CT molecular complexity index is 323. The van der Waals surface area contributed by atoms with Crippen LogP contribution in [0.25, 0.3) is 0 Å². The molecular formula is C12H21N3O3. The van der Waals surface area contributed by atoms with Gasteiger partial charge in [-0.05, 0) is 12.5 Å². The summed E-state index contributed by atoms with van der Waals surface area (Å²) < 4.78 is 15.8. The number of nitrogens with zero attached hydrogens (tertiary/aromatic N) is 1. The van der Waals surface area contributed by atoms with Crippen LogP contribution in [0.3, 0.4) is 0 Å². The Kier molecular flexibility index (Phi) is 8.07. The molecule has 0 atom stereocenters. The fraction of sp³-hybridized carbons (Fsp3) is 0.583. The summed E-state index contributed by atoms with van der Waals surface area (Å²) in [7, 11) is 1.68. The van der Waals surface area contributed by atoms with Gasteiger partial charge in [-0.15, -0.1) is 0 Å². The van der Waals surface area contributed by atoms with Gasteiger partial charge in [-0.1, -0.05) is 6.07 Å². The van der Waals surface area contributed by atoms with Crippen LogP contribution in [-0.2, 0) is 20.8 Å². The number of nitrogens with two attached hydrogens (primary N) is 1. The molecule has 0 aliphatic heterocycles. The SMILES string of the molecule is COCCCOCCOCc1cccnc1NN. The smallest absolute Gasteiger partial charge is 0.145 e. The number of hydrogen-bond acceptors (Lipinski definition) is 6. The van der Waals surface area contributed by atoms with Crippen molar-refractivity contribution in [3.8, 4) is 0 Å². The van der Waals surface area contributed by atoms with Crippen molar-refractivity contribution in [2.75, 3.05) is 39.0 Å². The molecule has 18 heavy (non-hydrogen) atoms. The van der Waals surface area contributed by atoms with E-state index in [0.29, 0.717) is 32.2 Å². The lowest BCUT2D eigenvalue weighted by atomic mass is 10.3. The Balaban J connectivity index is 2.07. The average Bonchev–Trinajstić information content (AvgIpc) is 2.42. The van der Waals surface area contributed by atoms with E-state index in [9.17, 15) is 0 Å². The molecule has 102 valence electrons. The normalized spacial score (nSPS) is 10.6. The van der Waals surface area contributed by atoms with Gasteiger partial charge in [-0.2, -0.15) is 0 Å². The van der Waals surface area contributed by atoms with Crippen LogP contribution < -0.4 is 11.3 Å². The van der Waals surface area contributed by atoms with E-state index in [1.807, 2.05) is 12.1 Å². The predicted octanol–water partition coefficient (Wildman–Crippen LogP) is 0.937. The first-order chi connectivity index (χ1) is 8.88. The van der Waals surface area contributed by atoms with Gasteiger partial charge in [0.25, 0.3) is 0 Å². The highest BCUT2D eigenvalue weighted by molar-refractivity contribution is 5.41. The van der Waals surface area contributed by atoms with E-state index in [-0.39, 0.29) is 0 Å². The van der Waals surface area contributed by atoms with Crippen molar-refractivity contribution in [3.63, 3.8) is 0 Å². The number of nitrogens with one attached hydrogen (secondary N) is 1. The highest BCUT2D eigenvalue weighted by Crippen LogP contribution is 2.10. The average molecular weight is 255 g/mol. The summed E-state index contributed by atoms with van der Waals surface area (Å²) in [6.07, 6.45) is 2.58. The minimum Gasteiger partial charge on any atom is -0.385 e. The molecule has 1 rings (SSSR count). The molecule has 0 saturated carbocycles. The van der Waals surface area contributed by atoms with Crippen molar-refractivity contribution in [2.45, 2.75) is 13.0 Å². The van der Waals surface area contributed by atoms with Crippen LogP contribution in [0.1, 0.15) is 12.0 Å². The lowest BCUT2D eigenvalue weighted by Crippen LogP contribution is -2.12. The zero-order valence-corrected chi connectivity index (χ0v) is 10.7. The van der Waals surface area contributed by atoms with E-state index in [1.54, 1.807) is 13.3 Å². The molecule has 0 unspecified atom stereocenters. The molecule has 0 aliphatic rings. The highest BCUT2D eigenvalue weighted by Gasteiger charge is 2.01. The Morgan fingerprint density at radius 1 is 1.22 bits per heavy atom. The molecule has 0 spiro atoms. The number of pyridine rings is 1. The molecular weight excluding hydrogens is 234 g/mol. The minimum atomic E-state index is 0.467. The van der Waals surface area contributed by atoms with Crippen molar-refractivity contribution in [1.29, 1.82) is 0 Å². The molecule has 0 aliphatic carbocycles. The van der Waals surface area contributed by atoms with Gasteiger partial charge in [0.2, 0.25) is 0 Å². The number of methoxy groups -OCH3 is 1. The number of aromatic nitrogens is 1. The maximum Gasteiger partial charge on any atom is 0.145 e. The van der Waals surface area contributed by atoms with Crippen molar-refractivity contribution in [3.05, 3.63) is 23.9 Å². The van der Waals surface area contributed by atoms with Gasteiger partial charge in [0.15, 0.2) is 0 Å². The highest BCUT2D eigenvalue weighted by atomic mass is 16.5. The van der Waals surface area contributed by atoms with Crippen molar-refractivity contribution in [1.82, 2.24) is 4.98 Å². The molecule has 1 heterocycles. The van der Waals surface area contributed by atoms with Gasteiger partial charge < -0.3 is 19.6 Å². The van der Waals surface area contributed by atoms with E-state index >= 15 is 0 Å². The molecule has 6 heteroatoms. The van der Waals surface area contributed by atoms with E-state index < -0.39 is 0 Å². The predicted molar refractivity (Wildman–Crippen MR) is 69.0 cm³/mol. The van der Waals surface area contributed by atoms with E-state index in [0.717, 1.165) is 18.6 Å². The monoisotopic (exact) mass is 255 g/mol. The number of rotatable bonds is 10. The van der Waals surface area contributed by atoms with Crippen LogP contribution in [0.2, 0.25) is 0 Å². The molecule has 1 aromatic heterocycles. The lowest BCUT2D eigenvalue weighted by Gasteiger charge is -2.08. The summed E-state index contributed by atoms with van der Waals surface area (Å²) in [6, 6.07) is 3.77. The maximum atomic E-state index is 5.48. The zero-order valence-electron chi connectivity index (χ0n) is 10.7. The third-order valence-corrected chi connectivity index (χ3v) is 2.29. The van der Waals surface area contributed by atoms with Gasteiger partial charge in [-0.25, -0.2) is 10.8 Å². The van der Waals surface area contributed by atoms with Gasteiger partial charge in [-0.3, -0.25) is 0 Å². The van der Waals surface area contributed by atoms with Crippen molar-refractivity contribution >= 4 is 5.82 Å². The fourth-order valence-electron chi connectivity index (χ4n) is 1.39. The Morgan fingerprint density at radius 3 is 2.83 bits per heavy atom. The number of hydrazine groups is 1. The molecule has 0 saturated heterocycles. The summed E-state index contributed by atoms with van der Waals surface area (Å²) in [4.78, 5) is 4.08. The quantitative estimate of drug-likeness (QED) is 0.368. The third kappa shape index (κ3) is 5.92. The minimum absolute atomic E-state index is 0.467. The Hall–Kier alpha value is -1.21. The van der Waals surface area contributed by atoms with Crippen LogP contribution in [0.5, 0.6) is 0 Å². The lowest BCUT2D eigenvalue weighted by molar-refractivity contribution is 0.0337. The number of ether oxygens (including phenoxy) is 3. The van der Waals surface area contributed by atoms with E-state index in [4.69, 9.17) is 20.1 Å². The molecule has 0 radical (unpaired) electrons. The van der Waals surface area contributed by atoms with Gasteiger partial charge >= 0.3 is 0 Å². The van der Waals surface area contributed by atoms with Crippen LogP contribution >= 0.6 is 0 Å². The first kappa shape index (κ1) is 14.8. The number of nitrogen functional groups attached to an aromatic ring is 1. The summed E-state index contributed by atoms with van der Waals surface area (Å²) in [5, 5.41) is 0. The summed E-state index contributed by atoms with van der Waals surface area (Å²) in [6.45, 7) is 3.01. The van der Waals surface area contributed by atoms with Crippen LogP contribution in [0, 0.1) is 0 Å². The summed E-state index contributed by atoms with van der Waals surface area (Å²) >= 11 is 0. The summed E-state index contributed by atoms with van der Waals surface area (Å²) in [5.74, 6) is 5.98. The topological polar surface area (TPSA) is 78.6 Å². The van der Waals surface area contributed by atoms with E-state index in [1.165, 1.54) is 0 Å². The Labute approximate surface area is 107 Å². The van der Waals surface area contributed by atoms with Crippen LogP contribution in [-0.4, -0.2) is 38.5 Å². The second-order valence-corrected chi connectivity index (χ2v) is 3.67. The molecule has 0 amide bonds. The largest absolute Gasteiger partial charge is 0.385 e. The van der Waals surface area contributed by atoms with E-state index in [2.05, 4.69) is 10.4 Å². The fourth-order valence-corrected chi connectivity index (χ4v) is 1.39. The second-order valence-electron chi connectivity index (χ2n) is 3.67. The third-order valence-electron chi connectivity index (χ3n) is 2.29. The Morgan fingerprint density at radius 2 is 2.06 bits per heavy atom. The van der Waals surface area contributed by atoms with Crippen molar-refractivity contribution in [2.24, 2.45) is 5.84 Å². The number of hydrogen-bond donors (Lipinski definition) is 2. The maximum absolute atomic E-state index is 5.48. The first-order valence-corrected chi connectivity index (χ1v) is 5.93. The van der Waals surface area contributed by atoms with Gasteiger partial charge in [0.1, 0.15) is 5.82 Å². The van der Waals surface area contributed by atoms with Gasteiger partial charge in [0, 0.05) is 32.1 Å². The second kappa shape index (κ2) is 9.78. The molecule has 3 N–H and O–H groups in total. The molecule has 0 bridgehead atoms. The zero-order chi connectivity index (χ0) is 13.1. The standard InChI is InChI=1S/C12H21N3O3/c1-16-6-3-7-17-8-9-18-10-11-4-2-5-14-12(11)15-13/h2,4-5H,3,6-10,13H2,1H3,(H,14,15).